The largest absolute Gasteiger partial charge is 0.362 e. The van der Waals surface area contributed by atoms with Gasteiger partial charge < -0.3 is 15.5 Å². The number of hydrogen-bond donors (Lipinski definition) is 2. The molecule has 1 fully saturated rings. The van der Waals surface area contributed by atoms with Crippen molar-refractivity contribution in [1.29, 1.82) is 0 Å². The van der Waals surface area contributed by atoms with Crippen LogP contribution in [0.1, 0.15) is 30.1 Å². The molecule has 0 aliphatic heterocycles. The zero-order chi connectivity index (χ0) is 17.6. The van der Waals surface area contributed by atoms with E-state index in [1.807, 2.05) is 42.2 Å². The SMILES string of the molecule is CCN(CC(=O)Nc1cccc(C(=O)NC2CC2)c1)c1ccccc1. The quantitative estimate of drug-likeness (QED) is 0.816. The first-order valence-corrected chi connectivity index (χ1v) is 8.66. The van der Waals surface area contributed by atoms with E-state index in [0.29, 0.717) is 17.3 Å². The first kappa shape index (κ1) is 17.0. The Morgan fingerprint density at radius 2 is 1.84 bits per heavy atom. The zero-order valence-corrected chi connectivity index (χ0v) is 14.4. The molecule has 0 heterocycles. The number of para-hydroxylation sites is 1. The number of carbonyl (C=O) groups excluding carboxylic acids is 2. The lowest BCUT2D eigenvalue weighted by atomic mass is 10.2. The van der Waals surface area contributed by atoms with Gasteiger partial charge in [-0.25, -0.2) is 0 Å². The first-order valence-electron chi connectivity index (χ1n) is 8.66. The van der Waals surface area contributed by atoms with Gasteiger partial charge in [-0.05, 0) is 50.1 Å². The maximum Gasteiger partial charge on any atom is 0.251 e. The van der Waals surface area contributed by atoms with Crippen molar-refractivity contribution in [3.05, 3.63) is 60.2 Å². The van der Waals surface area contributed by atoms with Crippen LogP contribution in [-0.4, -0.2) is 30.9 Å². The van der Waals surface area contributed by atoms with E-state index in [0.717, 1.165) is 25.1 Å². The number of nitrogens with zero attached hydrogens (tertiary/aromatic N) is 1. The molecule has 5 heteroatoms. The fourth-order valence-electron chi connectivity index (χ4n) is 2.63. The van der Waals surface area contributed by atoms with Crippen LogP contribution in [0.15, 0.2) is 54.6 Å². The molecule has 0 aromatic heterocycles. The summed E-state index contributed by atoms with van der Waals surface area (Å²) >= 11 is 0. The first-order chi connectivity index (χ1) is 12.2. The molecule has 2 N–H and O–H groups in total. The summed E-state index contributed by atoms with van der Waals surface area (Å²) in [6.45, 7) is 3.02. The fraction of sp³-hybridized carbons (Fsp3) is 0.300. The van der Waals surface area contributed by atoms with E-state index in [1.54, 1.807) is 24.3 Å². The Morgan fingerprint density at radius 3 is 2.52 bits per heavy atom. The average molecular weight is 337 g/mol. The number of anilines is 2. The van der Waals surface area contributed by atoms with Crippen LogP contribution in [0.2, 0.25) is 0 Å². The van der Waals surface area contributed by atoms with Gasteiger partial charge in [-0.1, -0.05) is 24.3 Å². The Labute approximate surface area is 148 Å². The Bertz CT molecular complexity index is 742. The van der Waals surface area contributed by atoms with Crippen molar-refractivity contribution in [2.45, 2.75) is 25.8 Å². The van der Waals surface area contributed by atoms with E-state index in [4.69, 9.17) is 0 Å². The number of carbonyl (C=O) groups is 2. The second-order valence-electron chi connectivity index (χ2n) is 6.23. The number of hydrogen-bond acceptors (Lipinski definition) is 3. The summed E-state index contributed by atoms with van der Waals surface area (Å²) < 4.78 is 0. The molecule has 2 aromatic carbocycles. The average Bonchev–Trinajstić information content (AvgIpc) is 3.44. The van der Waals surface area contributed by atoms with Gasteiger partial charge in [0.25, 0.3) is 5.91 Å². The minimum atomic E-state index is -0.106. The summed E-state index contributed by atoms with van der Waals surface area (Å²) in [4.78, 5) is 26.5. The van der Waals surface area contributed by atoms with E-state index in [-0.39, 0.29) is 18.4 Å². The fourth-order valence-corrected chi connectivity index (χ4v) is 2.63. The van der Waals surface area contributed by atoms with E-state index in [1.165, 1.54) is 0 Å². The summed E-state index contributed by atoms with van der Waals surface area (Å²) in [5.41, 5.74) is 2.22. The van der Waals surface area contributed by atoms with Crippen molar-refractivity contribution in [2.75, 3.05) is 23.3 Å². The van der Waals surface area contributed by atoms with Crippen LogP contribution >= 0.6 is 0 Å². The van der Waals surface area contributed by atoms with Crippen molar-refractivity contribution >= 4 is 23.2 Å². The molecule has 5 nitrogen and oxygen atoms in total. The summed E-state index contributed by atoms with van der Waals surface area (Å²) in [5, 5.41) is 5.83. The van der Waals surface area contributed by atoms with Gasteiger partial charge in [-0.15, -0.1) is 0 Å². The van der Waals surface area contributed by atoms with Gasteiger partial charge >= 0.3 is 0 Å². The standard InChI is InChI=1S/C20H23N3O2/c1-2-23(18-9-4-3-5-10-18)14-19(24)21-17-8-6-7-15(13-17)20(25)22-16-11-12-16/h3-10,13,16H,2,11-12,14H2,1H3,(H,21,24)(H,22,25). The van der Waals surface area contributed by atoms with E-state index in [2.05, 4.69) is 10.6 Å². The normalized spacial score (nSPS) is 13.2. The molecule has 0 atom stereocenters. The molecule has 1 saturated carbocycles. The highest BCUT2D eigenvalue weighted by Crippen LogP contribution is 2.20. The Morgan fingerprint density at radius 1 is 1.08 bits per heavy atom. The number of amides is 2. The highest BCUT2D eigenvalue weighted by molar-refractivity contribution is 5.98. The highest BCUT2D eigenvalue weighted by Gasteiger charge is 2.23. The molecule has 0 unspecified atom stereocenters. The molecule has 2 aromatic rings. The second-order valence-corrected chi connectivity index (χ2v) is 6.23. The predicted octanol–water partition coefficient (Wildman–Crippen LogP) is 3.04. The third kappa shape index (κ3) is 4.83. The monoisotopic (exact) mass is 337 g/mol. The molecular formula is C20H23N3O2. The van der Waals surface area contributed by atoms with Crippen molar-refractivity contribution < 1.29 is 9.59 Å². The maximum absolute atomic E-state index is 12.4. The van der Waals surface area contributed by atoms with E-state index >= 15 is 0 Å². The van der Waals surface area contributed by atoms with Gasteiger partial charge in [0, 0.05) is 29.5 Å². The second kappa shape index (κ2) is 7.83. The van der Waals surface area contributed by atoms with Gasteiger partial charge in [0.1, 0.15) is 0 Å². The maximum atomic E-state index is 12.4. The number of nitrogens with one attached hydrogen (secondary N) is 2. The predicted molar refractivity (Wildman–Crippen MR) is 99.9 cm³/mol. The molecule has 2 amide bonds. The molecule has 3 rings (SSSR count). The van der Waals surface area contributed by atoms with Crippen LogP contribution in [0.25, 0.3) is 0 Å². The topological polar surface area (TPSA) is 61.4 Å². The molecule has 0 radical (unpaired) electrons. The van der Waals surface area contributed by atoms with E-state index in [9.17, 15) is 9.59 Å². The van der Waals surface area contributed by atoms with Crippen LogP contribution < -0.4 is 15.5 Å². The summed E-state index contributed by atoms with van der Waals surface area (Å²) in [7, 11) is 0. The Balaban J connectivity index is 1.61. The molecule has 0 saturated heterocycles. The molecule has 0 spiro atoms. The van der Waals surface area contributed by atoms with Crippen LogP contribution in [0, 0.1) is 0 Å². The molecule has 0 bridgehead atoms. The van der Waals surface area contributed by atoms with E-state index < -0.39 is 0 Å². The summed E-state index contributed by atoms with van der Waals surface area (Å²) in [5.74, 6) is -0.191. The number of rotatable bonds is 7. The van der Waals surface area contributed by atoms with Crippen LogP contribution in [-0.2, 0) is 4.79 Å². The van der Waals surface area contributed by atoms with Gasteiger partial charge in [-0.2, -0.15) is 0 Å². The Hall–Kier alpha value is -2.82. The third-order valence-electron chi connectivity index (χ3n) is 4.16. The molecule has 1 aliphatic rings. The third-order valence-corrected chi connectivity index (χ3v) is 4.16. The number of likely N-dealkylation sites (N-methyl/N-ethyl adjacent to an activating group) is 1. The van der Waals surface area contributed by atoms with Crippen molar-refractivity contribution in [1.82, 2.24) is 5.32 Å². The summed E-state index contributed by atoms with van der Waals surface area (Å²) in [6.07, 6.45) is 2.10. The van der Waals surface area contributed by atoms with Crippen molar-refractivity contribution in [3.63, 3.8) is 0 Å². The highest BCUT2D eigenvalue weighted by atomic mass is 16.2. The Kier molecular flexibility index (Phi) is 5.33. The molecule has 25 heavy (non-hydrogen) atoms. The molecule has 1 aliphatic carbocycles. The lowest BCUT2D eigenvalue weighted by Gasteiger charge is -2.22. The lowest BCUT2D eigenvalue weighted by Crippen LogP contribution is -2.33. The smallest absolute Gasteiger partial charge is 0.251 e. The van der Waals surface area contributed by atoms with Crippen molar-refractivity contribution in [3.8, 4) is 0 Å². The minimum absolute atomic E-state index is 0.0851. The van der Waals surface area contributed by atoms with Gasteiger partial charge in [-0.3, -0.25) is 9.59 Å². The zero-order valence-electron chi connectivity index (χ0n) is 14.4. The summed E-state index contributed by atoms with van der Waals surface area (Å²) in [6, 6.07) is 17.2. The minimum Gasteiger partial charge on any atom is -0.362 e. The van der Waals surface area contributed by atoms with Crippen molar-refractivity contribution in [2.24, 2.45) is 0 Å². The number of benzene rings is 2. The lowest BCUT2D eigenvalue weighted by molar-refractivity contribution is -0.115. The molecule has 130 valence electrons. The van der Waals surface area contributed by atoms with Gasteiger partial charge in [0.15, 0.2) is 0 Å². The van der Waals surface area contributed by atoms with Crippen LogP contribution in [0.3, 0.4) is 0 Å². The van der Waals surface area contributed by atoms with Gasteiger partial charge in [0.2, 0.25) is 5.91 Å². The van der Waals surface area contributed by atoms with Crippen LogP contribution in [0.5, 0.6) is 0 Å². The van der Waals surface area contributed by atoms with Crippen LogP contribution in [0.4, 0.5) is 11.4 Å². The molecular weight excluding hydrogens is 314 g/mol. The van der Waals surface area contributed by atoms with Gasteiger partial charge in [0.05, 0.1) is 6.54 Å².